The predicted octanol–water partition coefficient (Wildman–Crippen LogP) is 0.737. The zero-order chi connectivity index (χ0) is 10.3. The SMILES string of the molecule is CC=CC[C@@H](C)[C@@H](O)[C@@H](C=O)NC. The van der Waals surface area contributed by atoms with Crippen molar-refractivity contribution in [2.24, 2.45) is 5.92 Å². The minimum Gasteiger partial charge on any atom is -0.391 e. The summed E-state index contributed by atoms with van der Waals surface area (Å²) in [6.07, 6.45) is 4.86. The van der Waals surface area contributed by atoms with E-state index in [1.54, 1.807) is 7.05 Å². The highest BCUT2D eigenvalue weighted by Gasteiger charge is 2.21. The minimum absolute atomic E-state index is 0.0962. The highest BCUT2D eigenvalue weighted by atomic mass is 16.3. The van der Waals surface area contributed by atoms with Crippen molar-refractivity contribution in [3.8, 4) is 0 Å². The van der Waals surface area contributed by atoms with E-state index in [-0.39, 0.29) is 5.92 Å². The molecule has 0 spiro atoms. The quantitative estimate of drug-likeness (QED) is 0.474. The molecule has 0 aliphatic rings. The smallest absolute Gasteiger partial charge is 0.139 e. The van der Waals surface area contributed by atoms with E-state index >= 15 is 0 Å². The van der Waals surface area contributed by atoms with E-state index in [2.05, 4.69) is 5.32 Å². The molecular weight excluding hydrogens is 166 g/mol. The summed E-state index contributed by atoms with van der Waals surface area (Å²) in [6.45, 7) is 3.87. The van der Waals surface area contributed by atoms with Crippen molar-refractivity contribution < 1.29 is 9.90 Å². The Bertz CT molecular complexity index is 168. The summed E-state index contributed by atoms with van der Waals surface area (Å²) in [7, 11) is 1.67. The molecule has 0 unspecified atom stereocenters. The van der Waals surface area contributed by atoms with E-state index in [9.17, 15) is 9.90 Å². The van der Waals surface area contributed by atoms with Crippen LogP contribution in [0.5, 0.6) is 0 Å². The van der Waals surface area contributed by atoms with Crippen LogP contribution in [0, 0.1) is 5.92 Å². The zero-order valence-corrected chi connectivity index (χ0v) is 8.53. The number of allylic oxidation sites excluding steroid dienone is 2. The number of hydrogen-bond acceptors (Lipinski definition) is 3. The molecule has 0 aromatic heterocycles. The molecule has 0 aromatic rings. The third-order valence-electron chi connectivity index (χ3n) is 2.17. The Hall–Kier alpha value is -0.670. The maximum Gasteiger partial charge on any atom is 0.139 e. The van der Waals surface area contributed by atoms with Crippen LogP contribution in [0.3, 0.4) is 0 Å². The number of hydrogen-bond donors (Lipinski definition) is 2. The van der Waals surface area contributed by atoms with Gasteiger partial charge < -0.3 is 15.2 Å². The summed E-state index contributed by atoms with van der Waals surface area (Å²) in [6, 6.07) is -0.458. The van der Waals surface area contributed by atoms with Crippen LogP contribution in [0.1, 0.15) is 20.3 Å². The van der Waals surface area contributed by atoms with Gasteiger partial charge in [-0.25, -0.2) is 0 Å². The molecule has 0 bridgehead atoms. The van der Waals surface area contributed by atoms with Gasteiger partial charge in [-0.15, -0.1) is 0 Å². The Morgan fingerprint density at radius 3 is 2.54 bits per heavy atom. The predicted molar refractivity (Wildman–Crippen MR) is 53.5 cm³/mol. The molecule has 0 radical (unpaired) electrons. The highest BCUT2D eigenvalue weighted by Crippen LogP contribution is 2.11. The Kier molecular flexibility index (Phi) is 6.45. The number of rotatable bonds is 6. The van der Waals surface area contributed by atoms with Crippen LogP contribution in [-0.2, 0) is 4.79 Å². The second-order valence-electron chi connectivity index (χ2n) is 3.22. The van der Waals surface area contributed by atoms with Crippen LogP contribution in [-0.4, -0.2) is 30.6 Å². The first-order valence-corrected chi connectivity index (χ1v) is 4.59. The summed E-state index contributed by atoms with van der Waals surface area (Å²) in [4.78, 5) is 10.5. The Morgan fingerprint density at radius 1 is 1.54 bits per heavy atom. The lowest BCUT2D eigenvalue weighted by atomic mass is 9.95. The number of likely N-dealkylation sites (N-methyl/N-ethyl adjacent to an activating group) is 1. The summed E-state index contributed by atoms with van der Waals surface area (Å²) < 4.78 is 0. The molecular formula is C10H19NO2. The number of carbonyl (C=O) groups is 1. The summed E-state index contributed by atoms with van der Waals surface area (Å²) >= 11 is 0. The molecule has 0 heterocycles. The highest BCUT2D eigenvalue weighted by molar-refractivity contribution is 5.58. The molecule has 0 rings (SSSR count). The first kappa shape index (κ1) is 12.3. The Balaban J connectivity index is 4.05. The van der Waals surface area contributed by atoms with Gasteiger partial charge in [-0.05, 0) is 26.3 Å². The van der Waals surface area contributed by atoms with E-state index in [0.29, 0.717) is 0 Å². The first-order valence-electron chi connectivity index (χ1n) is 4.59. The molecule has 0 saturated heterocycles. The maximum absolute atomic E-state index is 10.5. The van der Waals surface area contributed by atoms with Crippen molar-refractivity contribution >= 4 is 6.29 Å². The largest absolute Gasteiger partial charge is 0.391 e. The summed E-state index contributed by atoms with van der Waals surface area (Å²) in [5, 5.41) is 12.4. The van der Waals surface area contributed by atoms with Crippen molar-refractivity contribution in [3.63, 3.8) is 0 Å². The standard InChI is InChI=1S/C10H19NO2/c1-4-5-6-8(2)10(13)9(7-12)11-3/h4-5,7-11,13H,6H2,1-3H3/t8-,9-,10-/m1/s1. The van der Waals surface area contributed by atoms with Crippen LogP contribution in [0.2, 0.25) is 0 Å². The van der Waals surface area contributed by atoms with E-state index < -0.39 is 12.1 Å². The van der Waals surface area contributed by atoms with Gasteiger partial charge in [0.25, 0.3) is 0 Å². The second-order valence-corrected chi connectivity index (χ2v) is 3.22. The number of carbonyl (C=O) groups excluding carboxylic acids is 1. The number of nitrogens with one attached hydrogen (secondary N) is 1. The van der Waals surface area contributed by atoms with Gasteiger partial charge in [0.2, 0.25) is 0 Å². The fourth-order valence-corrected chi connectivity index (χ4v) is 1.16. The van der Waals surface area contributed by atoms with Crippen LogP contribution in [0.15, 0.2) is 12.2 Å². The third kappa shape index (κ3) is 4.20. The fourth-order valence-electron chi connectivity index (χ4n) is 1.16. The zero-order valence-electron chi connectivity index (χ0n) is 8.53. The van der Waals surface area contributed by atoms with Gasteiger partial charge in [0.05, 0.1) is 12.1 Å². The van der Waals surface area contributed by atoms with Crippen LogP contribution in [0.4, 0.5) is 0 Å². The van der Waals surface area contributed by atoms with Gasteiger partial charge >= 0.3 is 0 Å². The molecule has 3 atom stereocenters. The lowest BCUT2D eigenvalue weighted by Gasteiger charge is -2.22. The number of aliphatic hydroxyl groups is 1. The molecule has 0 fully saturated rings. The average Bonchev–Trinajstić information content (AvgIpc) is 2.15. The topological polar surface area (TPSA) is 49.3 Å². The Morgan fingerprint density at radius 2 is 2.15 bits per heavy atom. The molecule has 13 heavy (non-hydrogen) atoms. The van der Waals surface area contributed by atoms with Gasteiger partial charge in [0.15, 0.2) is 0 Å². The van der Waals surface area contributed by atoms with Crippen molar-refractivity contribution in [3.05, 3.63) is 12.2 Å². The minimum atomic E-state index is -0.612. The number of aliphatic hydroxyl groups excluding tert-OH is 1. The monoisotopic (exact) mass is 185 g/mol. The van der Waals surface area contributed by atoms with E-state index in [1.807, 2.05) is 26.0 Å². The van der Waals surface area contributed by atoms with Crippen molar-refractivity contribution in [2.45, 2.75) is 32.4 Å². The molecule has 3 nitrogen and oxygen atoms in total. The van der Waals surface area contributed by atoms with E-state index in [4.69, 9.17) is 0 Å². The van der Waals surface area contributed by atoms with Gasteiger partial charge in [-0.2, -0.15) is 0 Å². The third-order valence-corrected chi connectivity index (χ3v) is 2.17. The molecule has 2 N–H and O–H groups in total. The first-order chi connectivity index (χ1) is 6.17. The van der Waals surface area contributed by atoms with E-state index in [1.165, 1.54) is 0 Å². The van der Waals surface area contributed by atoms with Crippen molar-refractivity contribution in [2.75, 3.05) is 7.05 Å². The Labute approximate surface area is 79.8 Å². The normalized spacial score (nSPS) is 18.5. The fraction of sp³-hybridized carbons (Fsp3) is 0.700. The molecule has 76 valence electrons. The molecule has 0 aliphatic heterocycles. The average molecular weight is 185 g/mol. The van der Waals surface area contributed by atoms with E-state index in [0.717, 1.165) is 12.7 Å². The van der Waals surface area contributed by atoms with Crippen LogP contribution < -0.4 is 5.32 Å². The molecule has 3 heteroatoms. The van der Waals surface area contributed by atoms with Gasteiger partial charge in [0, 0.05) is 0 Å². The lowest BCUT2D eigenvalue weighted by Crippen LogP contribution is -2.42. The van der Waals surface area contributed by atoms with Crippen LogP contribution in [0.25, 0.3) is 0 Å². The van der Waals surface area contributed by atoms with Crippen molar-refractivity contribution in [1.82, 2.24) is 5.32 Å². The van der Waals surface area contributed by atoms with Gasteiger partial charge in [-0.3, -0.25) is 0 Å². The second kappa shape index (κ2) is 6.80. The van der Waals surface area contributed by atoms with Crippen LogP contribution >= 0.6 is 0 Å². The summed E-state index contributed by atoms with van der Waals surface area (Å²) in [5.74, 6) is 0.0962. The van der Waals surface area contributed by atoms with Crippen molar-refractivity contribution in [1.29, 1.82) is 0 Å². The maximum atomic E-state index is 10.5. The molecule has 0 amide bonds. The molecule has 0 aromatic carbocycles. The summed E-state index contributed by atoms with van der Waals surface area (Å²) in [5.41, 5.74) is 0. The molecule has 0 aliphatic carbocycles. The molecule has 0 saturated carbocycles. The lowest BCUT2D eigenvalue weighted by molar-refractivity contribution is -0.112. The number of aldehydes is 1. The van der Waals surface area contributed by atoms with Gasteiger partial charge in [-0.1, -0.05) is 19.1 Å². The van der Waals surface area contributed by atoms with Gasteiger partial charge in [0.1, 0.15) is 6.29 Å².